The zero-order chi connectivity index (χ0) is 29.9. The number of hydrogen-bond acceptors (Lipinski definition) is 9. The van der Waals surface area contributed by atoms with Crippen LogP contribution in [0.4, 0.5) is 10.2 Å². The second kappa shape index (κ2) is 11.6. The summed E-state index contributed by atoms with van der Waals surface area (Å²) in [5.41, 5.74) is 2.29. The van der Waals surface area contributed by atoms with E-state index in [4.69, 9.17) is 4.52 Å². The summed E-state index contributed by atoms with van der Waals surface area (Å²) in [5.74, 6) is -2.01. The molecule has 13 heteroatoms. The minimum atomic E-state index is -0.532. The van der Waals surface area contributed by atoms with Crippen LogP contribution in [0.5, 0.6) is 0 Å². The molecule has 0 saturated carbocycles. The highest BCUT2D eigenvalue weighted by Crippen LogP contribution is 2.26. The Kier molecular flexibility index (Phi) is 7.35. The number of carbonyl (C=O) groups excluding carboxylic acids is 4. The smallest absolute Gasteiger partial charge is 0.261 e. The number of nitrogens with one attached hydrogen (secondary N) is 1. The molecule has 0 spiro atoms. The van der Waals surface area contributed by atoms with Crippen LogP contribution in [0.25, 0.3) is 22.9 Å². The lowest BCUT2D eigenvalue weighted by Crippen LogP contribution is -2.35. The number of carbonyl (C=O) groups is 4. The Morgan fingerprint density at radius 1 is 0.907 bits per heavy atom. The lowest BCUT2D eigenvalue weighted by Gasteiger charge is -2.12. The Morgan fingerprint density at radius 3 is 2.37 bits per heavy atom. The van der Waals surface area contributed by atoms with Crippen LogP contribution in [0.15, 0.2) is 83.7 Å². The van der Waals surface area contributed by atoms with Gasteiger partial charge in [-0.2, -0.15) is 5.10 Å². The second-order valence-electron chi connectivity index (χ2n) is 9.64. The molecule has 0 unspecified atom stereocenters. The van der Waals surface area contributed by atoms with Gasteiger partial charge in [-0.15, -0.1) is 0 Å². The van der Waals surface area contributed by atoms with Gasteiger partial charge in [-0.25, -0.2) is 14.4 Å². The lowest BCUT2D eigenvalue weighted by atomic mass is 10.1. The van der Waals surface area contributed by atoms with Gasteiger partial charge in [0.15, 0.2) is 11.6 Å². The third-order valence-electron chi connectivity index (χ3n) is 6.75. The molecular formula is C30H22FN7O5. The van der Waals surface area contributed by atoms with E-state index in [1.54, 1.807) is 47.1 Å². The molecule has 1 aliphatic rings. The molecule has 0 bridgehead atoms. The van der Waals surface area contributed by atoms with Crippen LogP contribution < -0.4 is 5.32 Å². The van der Waals surface area contributed by atoms with Crippen molar-refractivity contribution < 1.29 is 28.1 Å². The highest BCUT2D eigenvalue weighted by molar-refractivity contribution is 6.22. The lowest BCUT2D eigenvalue weighted by molar-refractivity contribution is -0.123. The fourth-order valence-corrected chi connectivity index (χ4v) is 4.63. The van der Waals surface area contributed by atoms with Crippen molar-refractivity contribution in [2.45, 2.75) is 19.4 Å². The fraction of sp³-hybridized carbons (Fsp3) is 0.133. The maximum absolute atomic E-state index is 14.4. The number of aromatic nitrogens is 5. The van der Waals surface area contributed by atoms with E-state index in [0.717, 1.165) is 4.90 Å². The fourth-order valence-electron chi connectivity index (χ4n) is 4.63. The van der Waals surface area contributed by atoms with E-state index in [9.17, 15) is 23.6 Å². The van der Waals surface area contributed by atoms with E-state index in [1.807, 2.05) is 0 Å². The molecule has 1 aliphatic heterocycles. The van der Waals surface area contributed by atoms with Crippen LogP contribution in [-0.4, -0.2) is 59.9 Å². The molecule has 43 heavy (non-hydrogen) atoms. The molecule has 1 N–H and O–H groups in total. The van der Waals surface area contributed by atoms with Crippen LogP contribution in [0.2, 0.25) is 0 Å². The number of fused-ring (bicyclic) bond motifs is 1. The van der Waals surface area contributed by atoms with Crippen molar-refractivity contribution in [2.75, 3.05) is 11.9 Å². The molecule has 0 aliphatic carbocycles. The van der Waals surface area contributed by atoms with Gasteiger partial charge in [0, 0.05) is 30.7 Å². The van der Waals surface area contributed by atoms with Crippen molar-refractivity contribution in [3.8, 4) is 22.9 Å². The number of Topliss-reactive ketones (excluding diaryl/α,β-unsaturated/α-hetero) is 1. The first-order chi connectivity index (χ1) is 20.9. The number of hydrogen-bond donors (Lipinski definition) is 1. The topological polar surface area (TPSA) is 153 Å². The first-order valence-electron chi connectivity index (χ1n) is 13.2. The maximum atomic E-state index is 14.4. The van der Waals surface area contributed by atoms with Crippen LogP contribution in [0.1, 0.15) is 39.1 Å². The Morgan fingerprint density at radius 2 is 1.65 bits per heavy atom. The maximum Gasteiger partial charge on any atom is 0.261 e. The zero-order valence-corrected chi connectivity index (χ0v) is 22.4. The highest BCUT2D eigenvalue weighted by Gasteiger charge is 2.36. The Labute approximate surface area is 243 Å². The molecule has 5 aromatic rings. The van der Waals surface area contributed by atoms with E-state index < -0.39 is 30.0 Å². The Bertz CT molecular complexity index is 1830. The molecule has 3 aromatic heterocycles. The predicted molar refractivity (Wildman–Crippen MR) is 149 cm³/mol. The molecule has 6 rings (SSSR count). The molecule has 0 fully saturated rings. The quantitative estimate of drug-likeness (QED) is 0.244. The van der Waals surface area contributed by atoms with Gasteiger partial charge in [0.2, 0.25) is 5.91 Å². The van der Waals surface area contributed by atoms with Gasteiger partial charge >= 0.3 is 0 Å². The van der Waals surface area contributed by atoms with Crippen molar-refractivity contribution in [2.24, 2.45) is 0 Å². The van der Waals surface area contributed by atoms with Gasteiger partial charge in [-0.1, -0.05) is 35.5 Å². The first-order valence-corrected chi connectivity index (χ1v) is 13.2. The molecule has 3 amide bonds. The number of anilines is 1. The van der Waals surface area contributed by atoms with E-state index >= 15 is 0 Å². The third-order valence-corrected chi connectivity index (χ3v) is 6.75. The average molecular weight is 580 g/mol. The first kappa shape index (κ1) is 27.3. The zero-order valence-electron chi connectivity index (χ0n) is 22.4. The molecular weight excluding hydrogens is 557 g/mol. The van der Waals surface area contributed by atoms with Gasteiger partial charge < -0.3 is 9.84 Å². The molecule has 0 saturated heterocycles. The average Bonchev–Trinajstić information content (AvgIpc) is 3.74. The standard InChI is InChI=1S/C30H22FN7O5/c31-22-8-4-1-5-18(22)16-38-25(23-12-14-43-36-23)15-24(35-38)28-32-13-11-26(34-28)33-27(40)10-9-19(39)17-37-29(41)20-6-2-3-7-21(20)30(37)42/h1-8,11-15H,9-10,16-17H2,(H,32,33,34,40). The number of halogens is 1. The van der Waals surface area contributed by atoms with Gasteiger partial charge in [0.1, 0.15) is 29.3 Å². The third kappa shape index (κ3) is 5.68. The van der Waals surface area contributed by atoms with Gasteiger partial charge in [0.05, 0.1) is 29.9 Å². The summed E-state index contributed by atoms with van der Waals surface area (Å²) < 4.78 is 20.9. The van der Waals surface area contributed by atoms with E-state index in [2.05, 4.69) is 25.5 Å². The number of benzene rings is 2. The van der Waals surface area contributed by atoms with Crippen molar-refractivity contribution in [1.29, 1.82) is 0 Å². The Balaban J connectivity index is 1.11. The summed E-state index contributed by atoms with van der Waals surface area (Å²) in [6.07, 6.45) is 2.48. The molecule has 0 radical (unpaired) electrons. The summed E-state index contributed by atoms with van der Waals surface area (Å²) in [7, 11) is 0. The SMILES string of the molecule is O=C(CCC(=O)Nc1ccnc(-c2cc(-c3ccon3)n(Cc3ccccc3F)n2)n1)CN1C(=O)c2ccccc2C1=O. The summed E-state index contributed by atoms with van der Waals surface area (Å²) in [6, 6.07) is 17.5. The van der Waals surface area contributed by atoms with E-state index in [-0.39, 0.29) is 48.0 Å². The summed E-state index contributed by atoms with van der Waals surface area (Å²) in [4.78, 5) is 59.7. The van der Waals surface area contributed by atoms with Crippen LogP contribution in [0, 0.1) is 5.82 Å². The van der Waals surface area contributed by atoms with Gasteiger partial charge in [-0.05, 0) is 30.3 Å². The van der Waals surface area contributed by atoms with Gasteiger partial charge in [-0.3, -0.25) is 28.8 Å². The van der Waals surface area contributed by atoms with E-state index in [1.165, 1.54) is 36.7 Å². The van der Waals surface area contributed by atoms with Crippen LogP contribution in [-0.2, 0) is 16.1 Å². The number of rotatable bonds is 10. The number of imide groups is 1. The predicted octanol–water partition coefficient (Wildman–Crippen LogP) is 3.77. The monoisotopic (exact) mass is 579 g/mol. The number of amides is 3. The minimum absolute atomic E-state index is 0.111. The second-order valence-corrected chi connectivity index (χ2v) is 9.64. The largest absolute Gasteiger partial charge is 0.364 e. The number of ketones is 1. The summed E-state index contributed by atoms with van der Waals surface area (Å²) >= 11 is 0. The Hall–Kier alpha value is -5.85. The van der Waals surface area contributed by atoms with Crippen molar-refractivity contribution in [3.63, 3.8) is 0 Å². The molecule has 12 nitrogen and oxygen atoms in total. The van der Waals surface area contributed by atoms with Crippen LogP contribution in [0.3, 0.4) is 0 Å². The molecule has 0 atom stereocenters. The molecule has 2 aromatic carbocycles. The van der Waals surface area contributed by atoms with Crippen molar-refractivity contribution >= 4 is 29.3 Å². The number of nitrogens with zero attached hydrogens (tertiary/aromatic N) is 6. The normalized spacial score (nSPS) is 12.4. The van der Waals surface area contributed by atoms with Crippen LogP contribution >= 0.6 is 0 Å². The van der Waals surface area contributed by atoms with Crippen molar-refractivity contribution in [3.05, 3.63) is 102 Å². The molecule has 4 heterocycles. The summed E-state index contributed by atoms with van der Waals surface area (Å²) in [5, 5.41) is 11.1. The van der Waals surface area contributed by atoms with Crippen molar-refractivity contribution in [1.82, 2.24) is 29.8 Å². The minimum Gasteiger partial charge on any atom is -0.364 e. The van der Waals surface area contributed by atoms with E-state index in [0.29, 0.717) is 22.6 Å². The molecule has 214 valence electrons. The van der Waals surface area contributed by atoms with Gasteiger partial charge in [0.25, 0.3) is 11.8 Å². The highest BCUT2D eigenvalue weighted by atomic mass is 19.1. The summed E-state index contributed by atoms with van der Waals surface area (Å²) in [6.45, 7) is -0.305.